The van der Waals surface area contributed by atoms with Gasteiger partial charge in [0.25, 0.3) is 0 Å². The second-order valence-electron chi connectivity index (χ2n) is 4.95. The Morgan fingerprint density at radius 2 is 2.16 bits per heavy atom. The summed E-state index contributed by atoms with van der Waals surface area (Å²) >= 11 is 0. The topological polar surface area (TPSA) is 51.2 Å². The van der Waals surface area contributed by atoms with E-state index < -0.39 is 0 Å². The number of amides is 1. The van der Waals surface area contributed by atoms with Crippen LogP contribution in [-0.4, -0.2) is 18.0 Å². The van der Waals surface area contributed by atoms with Crippen molar-refractivity contribution in [2.45, 2.75) is 47.1 Å². The van der Waals surface area contributed by atoms with Crippen molar-refractivity contribution in [2.24, 2.45) is 5.92 Å². The van der Waals surface area contributed by atoms with Gasteiger partial charge in [-0.25, -0.2) is 0 Å². The SMILES string of the molecule is CCC[C@@H](C)C(=O)NCc1ncc(C)c(OC)c1C. The van der Waals surface area contributed by atoms with Crippen LogP contribution in [0.25, 0.3) is 0 Å². The number of ether oxygens (including phenoxy) is 1. The van der Waals surface area contributed by atoms with E-state index in [1.807, 2.05) is 20.8 Å². The van der Waals surface area contributed by atoms with E-state index in [1.54, 1.807) is 13.3 Å². The number of hydrogen-bond acceptors (Lipinski definition) is 3. The Bertz CT molecular complexity index is 444. The van der Waals surface area contributed by atoms with Gasteiger partial charge in [0, 0.05) is 23.2 Å². The number of nitrogens with zero attached hydrogens (tertiary/aromatic N) is 1. The van der Waals surface area contributed by atoms with Gasteiger partial charge in [0.2, 0.25) is 5.91 Å². The van der Waals surface area contributed by atoms with Crippen molar-refractivity contribution >= 4 is 5.91 Å². The average Bonchev–Trinajstić information content (AvgIpc) is 2.38. The maximum atomic E-state index is 11.9. The third-order valence-corrected chi connectivity index (χ3v) is 3.35. The monoisotopic (exact) mass is 264 g/mol. The number of pyridine rings is 1. The highest BCUT2D eigenvalue weighted by molar-refractivity contribution is 5.78. The minimum atomic E-state index is 0.0534. The first kappa shape index (κ1) is 15.5. The van der Waals surface area contributed by atoms with E-state index in [1.165, 1.54) is 0 Å². The molecule has 1 N–H and O–H groups in total. The number of carbonyl (C=O) groups excluding carboxylic acids is 1. The predicted molar refractivity (Wildman–Crippen MR) is 76.2 cm³/mol. The van der Waals surface area contributed by atoms with Crippen molar-refractivity contribution in [3.8, 4) is 5.75 Å². The normalized spacial score (nSPS) is 12.1. The molecule has 0 spiro atoms. The van der Waals surface area contributed by atoms with E-state index in [9.17, 15) is 4.79 Å². The molecule has 1 heterocycles. The molecule has 0 fully saturated rings. The fourth-order valence-corrected chi connectivity index (χ4v) is 2.16. The molecule has 0 saturated heterocycles. The fourth-order valence-electron chi connectivity index (χ4n) is 2.16. The molecule has 1 aromatic heterocycles. The zero-order valence-corrected chi connectivity index (χ0v) is 12.5. The molecule has 4 heteroatoms. The van der Waals surface area contributed by atoms with E-state index >= 15 is 0 Å². The smallest absolute Gasteiger partial charge is 0.223 e. The van der Waals surface area contributed by atoms with Crippen molar-refractivity contribution in [1.29, 1.82) is 0 Å². The van der Waals surface area contributed by atoms with E-state index in [-0.39, 0.29) is 11.8 Å². The zero-order chi connectivity index (χ0) is 14.4. The van der Waals surface area contributed by atoms with Gasteiger partial charge in [0.15, 0.2) is 0 Å². The lowest BCUT2D eigenvalue weighted by atomic mass is 10.1. The summed E-state index contributed by atoms with van der Waals surface area (Å²) < 4.78 is 5.36. The van der Waals surface area contributed by atoms with Crippen molar-refractivity contribution in [2.75, 3.05) is 7.11 Å². The molecule has 0 unspecified atom stereocenters. The Kier molecular flexibility index (Phi) is 5.80. The van der Waals surface area contributed by atoms with Gasteiger partial charge in [-0.2, -0.15) is 0 Å². The Morgan fingerprint density at radius 3 is 2.74 bits per heavy atom. The maximum absolute atomic E-state index is 11.9. The van der Waals surface area contributed by atoms with Gasteiger partial charge >= 0.3 is 0 Å². The Labute approximate surface area is 115 Å². The first-order chi connectivity index (χ1) is 9.01. The number of hydrogen-bond donors (Lipinski definition) is 1. The lowest BCUT2D eigenvalue weighted by molar-refractivity contribution is -0.124. The molecule has 106 valence electrons. The summed E-state index contributed by atoms with van der Waals surface area (Å²) in [5.41, 5.74) is 2.86. The van der Waals surface area contributed by atoms with E-state index in [4.69, 9.17) is 4.74 Å². The van der Waals surface area contributed by atoms with Crippen LogP contribution in [-0.2, 0) is 11.3 Å². The van der Waals surface area contributed by atoms with Crippen molar-refractivity contribution < 1.29 is 9.53 Å². The molecule has 0 radical (unpaired) electrons. The van der Waals surface area contributed by atoms with Gasteiger partial charge in [-0.15, -0.1) is 0 Å². The molecular formula is C15H24N2O2. The highest BCUT2D eigenvalue weighted by Crippen LogP contribution is 2.23. The molecule has 0 bridgehead atoms. The minimum absolute atomic E-state index is 0.0534. The fraction of sp³-hybridized carbons (Fsp3) is 0.600. The van der Waals surface area contributed by atoms with Crippen molar-refractivity contribution in [1.82, 2.24) is 10.3 Å². The second kappa shape index (κ2) is 7.12. The molecule has 4 nitrogen and oxygen atoms in total. The van der Waals surface area contributed by atoms with Crippen LogP contribution in [0.15, 0.2) is 6.20 Å². The summed E-state index contributed by atoms with van der Waals surface area (Å²) in [5, 5.41) is 2.94. The van der Waals surface area contributed by atoms with Crippen LogP contribution in [0.3, 0.4) is 0 Å². The molecule has 0 aliphatic carbocycles. The Balaban J connectivity index is 2.71. The standard InChI is InChI=1S/C15H24N2O2/c1-6-7-10(2)15(18)17-9-13-12(4)14(19-5)11(3)8-16-13/h8,10H,6-7,9H2,1-5H3,(H,17,18)/t10-/m1/s1. The number of aryl methyl sites for hydroxylation is 1. The van der Waals surface area contributed by atoms with Crippen LogP contribution in [0.5, 0.6) is 5.75 Å². The molecule has 1 atom stereocenters. The van der Waals surface area contributed by atoms with Crippen molar-refractivity contribution in [3.05, 3.63) is 23.0 Å². The minimum Gasteiger partial charge on any atom is -0.496 e. The second-order valence-corrected chi connectivity index (χ2v) is 4.95. The number of aromatic nitrogens is 1. The number of carbonyl (C=O) groups is 1. The first-order valence-corrected chi connectivity index (χ1v) is 6.78. The van der Waals surface area contributed by atoms with E-state index in [0.717, 1.165) is 35.4 Å². The summed E-state index contributed by atoms with van der Waals surface area (Å²) in [7, 11) is 1.65. The summed E-state index contributed by atoms with van der Waals surface area (Å²) in [6.45, 7) is 8.42. The average molecular weight is 264 g/mol. The van der Waals surface area contributed by atoms with E-state index in [2.05, 4.69) is 17.2 Å². The van der Waals surface area contributed by atoms with Crippen LogP contribution >= 0.6 is 0 Å². The summed E-state index contributed by atoms with van der Waals surface area (Å²) in [6.07, 6.45) is 3.71. The van der Waals surface area contributed by atoms with Gasteiger partial charge < -0.3 is 10.1 Å². The third-order valence-electron chi connectivity index (χ3n) is 3.35. The lowest BCUT2D eigenvalue weighted by Crippen LogP contribution is -2.29. The van der Waals surface area contributed by atoms with E-state index in [0.29, 0.717) is 6.54 Å². The molecule has 1 rings (SSSR count). The Hall–Kier alpha value is -1.58. The molecule has 0 aliphatic rings. The van der Waals surface area contributed by atoms with Crippen molar-refractivity contribution in [3.63, 3.8) is 0 Å². The maximum Gasteiger partial charge on any atom is 0.223 e. The predicted octanol–water partition coefficient (Wildman–Crippen LogP) is 2.76. The molecule has 1 aromatic rings. The summed E-state index contributed by atoms with van der Waals surface area (Å²) in [5.74, 6) is 0.987. The number of nitrogens with one attached hydrogen (secondary N) is 1. The molecule has 1 amide bonds. The number of rotatable bonds is 6. The number of methoxy groups -OCH3 is 1. The van der Waals surface area contributed by atoms with Gasteiger partial charge in [-0.05, 0) is 20.3 Å². The first-order valence-electron chi connectivity index (χ1n) is 6.78. The van der Waals surface area contributed by atoms with Gasteiger partial charge in [-0.3, -0.25) is 9.78 Å². The molecule has 0 aliphatic heterocycles. The highest BCUT2D eigenvalue weighted by atomic mass is 16.5. The molecule has 0 saturated carbocycles. The summed E-state index contributed by atoms with van der Waals surface area (Å²) in [4.78, 5) is 16.2. The Morgan fingerprint density at radius 1 is 1.47 bits per heavy atom. The van der Waals surface area contributed by atoms with Crippen LogP contribution < -0.4 is 10.1 Å². The third kappa shape index (κ3) is 3.94. The van der Waals surface area contributed by atoms with Crippen LogP contribution in [0.4, 0.5) is 0 Å². The summed E-state index contributed by atoms with van der Waals surface area (Å²) in [6, 6.07) is 0. The molecule has 19 heavy (non-hydrogen) atoms. The van der Waals surface area contributed by atoms with Crippen LogP contribution in [0, 0.1) is 19.8 Å². The molecular weight excluding hydrogens is 240 g/mol. The van der Waals surface area contributed by atoms with Crippen LogP contribution in [0.2, 0.25) is 0 Å². The molecule has 0 aromatic carbocycles. The highest BCUT2D eigenvalue weighted by Gasteiger charge is 2.13. The van der Waals surface area contributed by atoms with Gasteiger partial charge in [0.05, 0.1) is 19.3 Å². The zero-order valence-electron chi connectivity index (χ0n) is 12.5. The van der Waals surface area contributed by atoms with Crippen LogP contribution in [0.1, 0.15) is 43.5 Å². The quantitative estimate of drug-likeness (QED) is 0.859. The lowest BCUT2D eigenvalue weighted by Gasteiger charge is -2.14. The largest absolute Gasteiger partial charge is 0.496 e. The van der Waals surface area contributed by atoms with Gasteiger partial charge in [0.1, 0.15) is 5.75 Å². The van der Waals surface area contributed by atoms with Gasteiger partial charge in [-0.1, -0.05) is 20.3 Å².